The van der Waals surface area contributed by atoms with Gasteiger partial charge in [0.25, 0.3) is 0 Å². The van der Waals surface area contributed by atoms with E-state index in [1.54, 1.807) is 12.1 Å². The highest BCUT2D eigenvalue weighted by atomic mass is 16.5. The second kappa shape index (κ2) is 8.57. The van der Waals surface area contributed by atoms with E-state index in [-0.39, 0.29) is 11.6 Å². The summed E-state index contributed by atoms with van der Waals surface area (Å²) in [5.74, 6) is 0.0367. The maximum atomic E-state index is 11.8. The molecule has 0 spiro atoms. The molecule has 0 saturated carbocycles. The smallest absolute Gasteiger partial charge is 0.409 e. The van der Waals surface area contributed by atoms with Crippen molar-refractivity contribution < 1.29 is 19.4 Å². The van der Waals surface area contributed by atoms with Gasteiger partial charge in [0.2, 0.25) is 5.91 Å². The normalized spacial score (nSPS) is 14.8. The molecule has 0 atom stereocenters. The third-order valence-corrected chi connectivity index (χ3v) is 4.54. The summed E-state index contributed by atoms with van der Waals surface area (Å²) >= 11 is 0. The molecule has 3 N–H and O–H groups in total. The van der Waals surface area contributed by atoms with Gasteiger partial charge in [-0.3, -0.25) is 10.1 Å². The molecule has 0 bridgehead atoms. The van der Waals surface area contributed by atoms with Crippen LogP contribution in [0, 0.1) is 0 Å². The van der Waals surface area contributed by atoms with Crippen LogP contribution in [0.25, 0.3) is 0 Å². The number of hydrogen-bond acceptors (Lipinski definition) is 5. The van der Waals surface area contributed by atoms with Crippen LogP contribution in [0.4, 0.5) is 21.9 Å². The number of nitrogens with zero attached hydrogens (tertiary/aromatic N) is 2. The lowest BCUT2D eigenvalue weighted by Crippen LogP contribution is -2.42. The molecule has 2 rings (SSSR count). The van der Waals surface area contributed by atoms with Gasteiger partial charge in [0, 0.05) is 25.2 Å². The van der Waals surface area contributed by atoms with Crippen LogP contribution in [-0.4, -0.2) is 62.3 Å². The molecule has 1 aliphatic rings. The fourth-order valence-corrected chi connectivity index (χ4v) is 3.12. The van der Waals surface area contributed by atoms with Crippen LogP contribution in [0.5, 0.6) is 5.75 Å². The van der Waals surface area contributed by atoms with Gasteiger partial charge in [0.1, 0.15) is 5.75 Å². The lowest BCUT2D eigenvalue weighted by Gasteiger charge is -2.37. The molecule has 1 saturated heterocycles. The molecule has 1 aliphatic heterocycles. The van der Waals surface area contributed by atoms with Gasteiger partial charge in [-0.2, -0.15) is 0 Å². The molecule has 1 aromatic rings. The number of anilines is 3. The predicted molar refractivity (Wildman–Crippen MR) is 102 cm³/mol. The highest BCUT2D eigenvalue weighted by molar-refractivity contribution is 6.02. The van der Waals surface area contributed by atoms with E-state index in [9.17, 15) is 9.59 Å². The Labute approximate surface area is 153 Å². The van der Waals surface area contributed by atoms with E-state index in [4.69, 9.17) is 9.84 Å². The Balaban J connectivity index is 2.37. The molecule has 2 amide bonds. The quantitative estimate of drug-likeness (QED) is 0.673. The number of piperidine rings is 1. The Morgan fingerprint density at radius 2 is 1.92 bits per heavy atom. The highest BCUT2D eigenvalue weighted by Gasteiger charge is 2.24. The average molecular weight is 362 g/mol. The molecule has 1 heterocycles. The van der Waals surface area contributed by atoms with Gasteiger partial charge >= 0.3 is 6.09 Å². The van der Waals surface area contributed by atoms with Crippen molar-refractivity contribution in [1.82, 2.24) is 4.90 Å². The van der Waals surface area contributed by atoms with Gasteiger partial charge in [-0.1, -0.05) is 6.58 Å². The van der Waals surface area contributed by atoms with E-state index in [0.717, 1.165) is 31.6 Å². The van der Waals surface area contributed by atoms with Gasteiger partial charge in [-0.15, -0.1) is 0 Å². The molecule has 0 radical (unpaired) electrons. The van der Waals surface area contributed by atoms with Crippen molar-refractivity contribution in [2.75, 3.05) is 49.8 Å². The number of rotatable bonds is 6. The molecule has 0 unspecified atom stereocenters. The summed E-state index contributed by atoms with van der Waals surface area (Å²) < 4.78 is 5.33. The number of hydrogen-bond donors (Lipinski definition) is 3. The molecule has 0 aromatic heterocycles. The van der Waals surface area contributed by atoms with E-state index in [2.05, 4.69) is 41.1 Å². The Morgan fingerprint density at radius 1 is 1.27 bits per heavy atom. The summed E-state index contributed by atoms with van der Waals surface area (Å²) in [4.78, 5) is 27.2. The van der Waals surface area contributed by atoms with Gasteiger partial charge < -0.3 is 25.0 Å². The Morgan fingerprint density at radius 3 is 2.42 bits per heavy atom. The van der Waals surface area contributed by atoms with Crippen molar-refractivity contribution in [2.45, 2.75) is 18.9 Å². The summed E-state index contributed by atoms with van der Waals surface area (Å²) in [6.45, 7) is 5.12. The monoisotopic (exact) mass is 362 g/mol. The minimum absolute atomic E-state index is 0.270. The third kappa shape index (κ3) is 4.66. The highest BCUT2D eigenvalue weighted by Crippen LogP contribution is 2.38. The van der Waals surface area contributed by atoms with Crippen molar-refractivity contribution in [2.24, 2.45) is 0 Å². The van der Waals surface area contributed by atoms with Crippen LogP contribution in [0.1, 0.15) is 12.8 Å². The third-order valence-electron chi connectivity index (χ3n) is 4.54. The SMILES string of the molecule is C=CC(=O)Nc1cc(NC(=O)O)c(OC)cc1N1CCC(N(C)C)CC1. The molecule has 1 fully saturated rings. The molecule has 1 aromatic carbocycles. The zero-order valence-corrected chi connectivity index (χ0v) is 15.4. The second-order valence-corrected chi connectivity index (χ2v) is 6.38. The van der Waals surface area contributed by atoms with Crippen molar-refractivity contribution in [3.8, 4) is 5.75 Å². The molecule has 142 valence electrons. The first kappa shape index (κ1) is 19.6. The zero-order chi connectivity index (χ0) is 19.3. The number of carboxylic acid groups (broad SMARTS) is 1. The Bertz CT molecular complexity index is 682. The van der Waals surface area contributed by atoms with Crippen molar-refractivity contribution >= 4 is 29.1 Å². The minimum Gasteiger partial charge on any atom is -0.494 e. The number of carbonyl (C=O) groups excluding carboxylic acids is 1. The minimum atomic E-state index is -1.20. The maximum absolute atomic E-state index is 11.8. The van der Waals surface area contributed by atoms with E-state index < -0.39 is 6.09 Å². The number of carbonyl (C=O) groups is 2. The van der Waals surface area contributed by atoms with Crippen LogP contribution in [0.3, 0.4) is 0 Å². The standard InChI is InChI=1S/C18H26N4O4/c1-5-17(23)19-13-10-14(20-18(24)25)16(26-4)11-15(13)22-8-6-12(7-9-22)21(2)3/h5,10-12,20H,1,6-9H2,2-4H3,(H,19,23)(H,24,25). The predicted octanol–water partition coefficient (Wildman–Crippen LogP) is 2.44. The van der Waals surface area contributed by atoms with Crippen molar-refractivity contribution in [1.29, 1.82) is 0 Å². The fraction of sp³-hybridized carbons (Fsp3) is 0.444. The van der Waals surface area contributed by atoms with E-state index in [1.807, 2.05) is 0 Å². The van der Waals surface area contributed by atoms with E-state index >= 15 is 0 Å². The maximum Gasteiger partial charge on any atom is 0.409 e. The van der Waals surface area contributed by atoms with Crippen LogP contribution in [-0.2, 0) is 4.79 Å². The van der Waals surface area contributed by atoms with Crippen LogP contribution in [0.2, 0.25) is 0 Å². The Hall–Kier alpha value is -2.74. The number of nitrogens with one attached hydrogen (secondary N) is 2. The number of methoxy groups -OCH3 is 1. The van der Waals surface area contributed by atoms with Gasteiger partial charge in [0.05, 0.1) is 24.2 Å². The lowest BCUT2D eigenvalue weighted by molar-refractivity contribution is -0.111. The number of benzene rings is 1. The van der Waals surface area contributed by atoms with Gasteiger partial charge in [0.15, 0.2) is 0 Å². The fourth-order valence-electron chi connectivity index (χ4n) is 3.12. The van der Waals surface area contributed by atoms with Crippen molar-refractivity contribution in [3.05, 3.63) is 24.8 Å². The first-order chi connectivity index (χ1) is 12.3. The van der Waals surface area contributed by atoms with E-state index in [1.165, 1.54) is 13.2 Å². The molecule has 0 aliphatic carbocycles. The first-order valence-corrected chi connectivity index (χ1v) is 8.42. The van der Waals surface area contributed by atoms with Crippen LogP contribution >= 0.6 is 0 Å². The van der Waals surface area contributed by atoms with Gasteiger partial charge in [-0.25, -0.2) is 4.79 Å². The molecular formula is C18H26N4O4. The average Bonchev–Trinajstić information content (AvgIpc) is 2.61. The zero-order valence-electron chi connectivity index (χ0n) is 15.4. The van der Waals surface area contributed by atoms with Gasteiger partial charge in [-0.05, 0) is 39.1 Å². The summed E-state index contributed by atoms with van der Waals surface area (Å²) in [5, 5.41) is 14.1. The second-order valence-electron chi connectivity index (χ2n) is 6.38. The molecule has 26 heavy (non-hydrogen) atoms. The largest absolute Gasteiger partial charge is 0.494 e. The van der Waals surface area contributed by atoms with E-state index in [0.29, 0.717) is 17.5 Å². The Kier molecular flexibility index (Phi) is 6.46. The summed E-state index contributed by atoms with van der Waals surface area (Å²) in [7, 11) is 5.63. The summed E-state index contributed by atoms with van der Waals surface area (Å²) in [6.07, 6.45) is 1.97. The summed E-state index contributed by atoms with van der Waals surface area (Å²) in [5.41, 5.74) is 1.58. The van der Waals surface area contributed by atoms with Crippen LogP contribution < -0.4 is 20.3 Å². The number of ether oxygens (including phenoxy) is 1. The number of amides is 2. The first-order valence-electron chi connectivity index (χ1n) is 8.42. The van der Waals surface area contributed by atoms with Crippen molar-refractivity contribution in [3.63, 3.8) is 0 Å². The molecular weight excluding hydrogens is 336 g/mol. The lowest BCUT2D eigenvalue weighted by atomic mass is 10.0. The summed E-state index contributed by atoms with van der Waals surface area (Å²) in [6, 6.07) is 3.84. The molecule has 8 nitrogen and oxygen atoms in total. The topological polar surface area (TPSA) is 94.1 Å². The van der Waals surface area contributed by atoms with Crippen LogP contribution in [0.15, 0.2) is 24.8 Å². The molecule has 8 heteroatoms.